The van der Waals surface area contributed by atoms with Crippen molar-refractivity contribution in [2.24, 2.45) is 11.8 Å². The van der Waals surface area contributed by atoms with Crippen molar-refractivity contribution in [2.75, 3.05) is 20.1 Å². The number of hydrogen-bond donors (Lipinski definition) is 2. The summed E-state index contributed by atoms with van der Waals surface area (Å²) in [4.78, 5) is 23.8. The van der Waals surface area contributed by atoms with Crippen LogP contribution in [0.5, 0.6) is 0 Å². The van der Waals surface area contributed by atoms with Crippen LogP contribution < -0.4 is 5.32 Å². The van der Waals surface area contributed by atoms with Crippen LogP contribution in [-0.2, 0) is 4.79 Å². The zero-order chi connectivity index (χ0) is 15.5. The molecule has 2 N–H and O–H groups in total. The predicted octanol–water partition coefficient (Wildman–Crippen LogP) is 2.96. The fraction of sp³-hybridized carbons (Fsp3) is 0.867. The summed E-state index contributed by atoms with van der Waals surface area (Å²) >= 11 is 0. The summed E-state index contributed by atoms with van der Waals surface area (Å²) in [6.07, 6.45) is 5.83. The van der Waals surface area contributed by atoms with Gasteiger partial charge in [0.25, 0.3) is 0 Å². The molecule has 0 spiro atoms. The fourth-order valence-corrected chi connectivity index (χ4v) is 1.93. The van der Waals surface area contributed by atoms with Crippen molar-refractivity contribution in [1.82, 2.24) is 10.2 Å². The average molecular weight is 286 g/mol. The van der Waals surface area contributed by atoms with E-state index < -0.39 is 11.9 Å². The zero-order valence-electron chi connectivity index (χ0n) is 13.3. The number of nitrogens with zero attached hydrogens (tertiary/aromatic N) is 1. The number of carboxylic acid groups (broad SMARTS) is 1. The van der Waals surface area contributed by atoms with E-state index in [-0.39, 0.29) is 12.6 Å². The van der Waals surface area contributed by atoms with E-state index in [1.807, 2.05) is 0 Å². The molecule has 0 aliphatic heterocycles. The molecule has 0 aliphatic carbocycles. The third kappa shape index (κ3) is 9.64. The largest absolute Gasteiger partial charge is 0.481 e. The molecular formula is C15H30N2O3. The summed E-state index contributed by atoms with van der Waals surface area (Å²) in [5, 5.41) is 11.6. The minimum atomic E-state index is -0.880. The highest BCUT2D eigenvalue weighted by Crippen LogP contribution is 2.09. The van der Waals surface area contributed by atoms with Crippen molar-refractivity contribution in [2.45, 2.75) is 52.9 Å². The second-order valence-electron chi connectivity index (χ2n) is 5.95. The van der Waals surface area contributed by atoms with Crippen LogP contribution in [-0.4, -0.2) is 42.1 Å². The number of carboxylic acids is 1. The third-order valence-electron chi connectivity index (χ3n) is 3.30. The van der Waals surface area contributed by atoms with E-state index in [1.54, 1.807) is 14.0 Å². The summed E-state index contributed by atoms with van der Waals surface area (Å²) in [6.45, 7) is 6.95. The van der Waals surface area contributed by atoms with E-state index >= 15 is 0 Å². The summed E-state index contributed by atoms with van der Waals surface area (Å²) in [5.74, 6) is -0.656. The Bertz CT molecular complexity index is 293. The minimum absolute atomic E-state index is 0.194. The summed E-state index contributed by atoms with van der Waals surface area (Å²) in [6, 6.07) is -0.194. The molecule has 0 fully saturated rings. The average Bonchev–Trinajstić information content (AvgIpc) is 2.36. The SMILES string of the molecule is CC(C)CCCCCCNC(=O)N(C)CC(C)C(=O)O. The van der Waals surface area contributed by atoms with E-state index in [2.05, 4.69) is 19.2 Å². The molecule has 0 aromatic carbocycles. The number of carbonyl (C=O) groups excluding carboxylic acids is 1. The van der Waals surface area contributed by atoms with Crippen LogP contribution in [0, 0.1) is 11.8 Å². The Labute approximate surface area is 122 Å². The first-order valence-electron chi connectivity index (χ1n) is 7.56. The topological polar surface area (TPSA) is 69.6 Å². The fourth-order valence-electron chi connectivity index (χ4n) is 1.93. The molecule has 1 unspecified atom stereocenters. The van der Waals surface area contributed by atoms with Gasteiger partial charge >= 0.3 is 12.0 Å². The van der Waals surface area contributed by atoms with Crippen LogP contribution in [0.3, 0.4) is 0 Å². The van der Waals surface area contributed by atoms with Gasteiger partial charge < -0.3 is 15.3 Å². The van der Waals surface area contributed by atoms with E-state index in [0.29, 0.717) is 6.54 Å². The Morgan fingerprint density at radius 3 is 2.25 bits per heavy atom. The molecule has 0 saturated carbocycles. The van der Waals surface area contributed by atoms with Gasteiger partial charge in [0.2, 0.25) is 0 Å². The first-order chi connectivity index (χ1) is 9.34. The Hall–Kier alpha value is -1.26. The normalized spacial score (nSPS) is 12.2. The van der Waals surface area contributed by atoms with Crippen LogP contribution in [0.1, 0.15) is 52.9 Å². The molecule has 0 aromatic heterocycles. The molecule has 0 aromatic rings. The molecule has 0 heterocycles. The molecule has 0 aliphatic rings. The molecular weight excluding hydrogens is 256 g/mol. The maximum atomic E-state index is 11.7. The highest BCUT2D eigenvalue weighted by Gasteiger charge is 2.16. The van der Waals surface area contributed by atoms with Crippen molar-refractivity contribution in [3.05, 3.63) is 0 Å². The van der Waals surface area contributed by atoms with Gasteiger partial charge in [0, 0.05) is 20.1 Å². The molecule has 0 radical (unpaired) electrons. The van der Waals surface area contributed by atoms with Crippen LogP contribution in [0.4, 0.5) is 4.79 Å². The van der Waals surface area contributed by atoms with E-state index in [0.717, 1.165) is 18.8 Å². The van der Waals surface area contributed by atoms with Gasteiger partial charge in [-0.1, -0.05) is 46.5 Å². The van der Waals surface area contributed by atoms with Gasteiger partial charge in [0.15, 0.2) is 0 Å². The zero-order valence-corrected chi connectivity index (χ0v) is 13.3. The van der Waals surface area contributed by atoms with Gasteiger partial charge in [0.1, 0.15) is 0 Å². The maximum Gasteiger partial charge on any atom is 0.317 e. The molecule has 0 saturated heterocycles. The Balaban J connectivity index is 3.60. The van der Waals surface area contributed by atoms with Gasteiger partial charge in [-0.2, -0.15) is 0 Å². The number of urea groups is 1. The minimum Gasteiger partial charge on any atom is -0.481 e. The molecule has 5 heteroatoms. The molecule has 2 amide bonds. The number of carbonyl (C=O) groups is 2. The third-order valence-corrected chi connectivity index (χ3v) is 3.30. The van der Waals surface area contributed by atoms with E-state index in [9.17, 15) is 9.59 Å². The van der Waals surface area contributed by atoms with Crippen molar-refractivity contribution < 1.29 is 14.7 Å². The lowest BCUT2D eigenvalue weighted by Crippen LogP contribution is -2.41. The van der Waals surface area contributed by atoms with Crippen molar-refractivity contribution in [1.29, 1.82) is 0 Å². The second-order valence-corrected chi connectivity index (χ2v) is 5.95. The standard InChI is InChI=1S/C15H30N2O3/c1-12(2)9-7-5-6-8-10-16-15(20)17(4)11-13(3)14(18)19/h12-13H,5-11H2,1-4H3,(H,16,20)(H,18,19). The van der Waals surface area contributed by atoms with Crippen LogP contribution in [0.25, 0.3) is 0 Å². The van der Waals surface area contributed by atoms with Crippen molar-refractivity contribution in [3.63, 3.8) is 0 Å². The Morgan fingerprint density at radius 1 is 1.10 bits per heavy atom. The predicted molar refractivity (Wildman–Crippen MR) is 80.8 cm³/mol. The van der Waals surface area contributed by atoms with Gasteiger partial charge in [-0.15, -0.1) is 0 Å². The number of amides is 2. The number of nitrogens with one attached hydrogen (secondary N) is 1. The highest BCUT2D eigenvalue weighted by molar-refractivity contribution is 5.75. The molecule has 0 rings (SSSR count). The van der Waals surface area contributed by atoms with Gasteiger partial charge in [0.05, 0.1) is 5.92 Å². The summed E-state index contributed by atoms with van der Waals surface area (Å²) < 4.78 is 0. The van der Waals surface area contributed by atoms with E-state index in [1.165, 1.54) is 24.2 Å². The van der Waals surface area contributed by atoms with Crippen molar-refractivity contribution >= 4 is 12.0 Å². The van der Waals surface area contributed by atoms with Gasteiger partial charge in [-0.25, -0.2) is 4.79 Å². The number of aliphatic carboxylic acids is 1. The second kappa shape index (κ2) is 10.5. The Kier molecular flexibility index (Phi) is 9.86. The molecule has 0 bridgehead atoms. The first kappa shape index (κ1) is 18.7. The highest BCUT2D eigenvalue weighted by atomic mass is 16.4. The summed E-state index contributed by atoms with van der Waals surface area (Å²) in [7, 11) is 1.62. The van der Waals surface area contributed by atoms with Crippen LogP contribution >= 0.6 is 0 Å². The monoisotopic (exact) mass is 286 g/mol. The Morgan fingerprint density at radius 2 is 1.70 bits per heavy atom. The summed E-state index contributed by atoms with van der Waals surface area (Å²) in [5.41, 5.74) is 0. The molecule has 20 heavy (non-hydrogen) atoms. The quantitative estimate of drug-likeness (QED) is 0.607. The molecule has 1 atom stereocenters. The van der Waals surface area contributed by atoms with Crippen LogP contribution in [0.2, 0.25) is 0 Å². The van der Waals surface area contributed by atoms with Gasteiger partial charge in [-0.3, -0.25) is 4.79 Å². The maximum absolute atomic E-state index is 11.7. The van der Waals surface area contributed by atoms with Crippen molar-refractivity contribution in [3.8, 4) is 0 Å². The lowest BCUT2D eigenvalue weighted by molar-refractivity contribution is -0.141. The molecule has 5 nitrogen and oxygen atoms in total. The smallest absolute Gasteiger partial charge is 0.317 e. The van der Waals surface area contributed by atoms with E-state index in [4.69, 9.17) is 5.11 Å². The first-order valence-corrected chi connectivity index (χ1v) is 7.56. The lowest BCUT2D eigenvalue weighted by atomic mass is 10.0. The van der Waals surface area contributed by atoms with Crippen LogP contribution in [0.15, 0.2) is 0 Å². The number of unbranched alkanes of at least 4 members (excludes halogenated alkanes) is 3. The lowest BCUT2D eigenvalue weighted by Gasteiger charge is -2.19. The number of rotatable bonds is 10. The van der Waals surface area contributed by atoms with Gasteiger partial charge in [-0.05, 0) is 12.3 Å². The molecule has 118 valence electrons. The number of hydrogen-bond acceptors (Lipinski definition) is 2.